The SMILES string of the molecule is COc1ccnc(N2CCCC3(CCCNC3)C2)n1. The molecule has 1 atom stereocenters. The molecule has 0 saturated carbocycles. The molecule has 19 heavy (non-hydrogen) atoms. The van der Waals surface area contributed by atoms with Crippen molar-refractivity contribution in [1.82, 2.24) is 15.3 Å². The van der Waals surface area contributed by atoms with Crippen LogP contribution >= 0.6 is 0 Å². The zero-order chi connectivity index (χ0) is 13.1. The Kier molecular flexibility index (Phi) is 3.55. The first-order valence-corrected chi connectivity index (χ1v) is 7.14. The van der Waals surface area contributed by atoms with E-state index in [9.17, 15) is 0 Å². The molecule has 2 fully saturated rings. The van der Waals surface area contributed by atoms with E-state index in [0.29, 0.717) is 11.3 Å². The van der Waals surface area contributed by atoms with E-state index in [4.69, 9.17) is 4.74 Å². The van der Waals surface area contributed by atoms with Crippen molar-refractivity contribution < 1.29 is 4.74 Å². The van der Waals surface area contributed by atoms with Crippen molar-refractivity contribution in [3.05, 3.63) is 12.3 Å². The van der Waals surface area contributed by atoms with E-state index in [0.717, 1.165) is 32.1 Å². The summed E-state index contributed by atoms with van der Waals surface area (Å²) in [6, 6.07) is 1.80. The van der Waals surface area contributed by atoms with Gasteiger partial charge in [0, 0.05) is 37.3 Å². The van der Waals surface area contributed by atoms with Crippen molar-refractivity contribution in [2.45, 2.75) is 25.7 Å². The summed E-state index contributed by atoms with van der Waals surface area (Å²) in [4.78, 5) is 11.2. The van der Waals surface area contributed by atoms with Crippen LogP contribution in [-0.2, 0) is 0 Å². The van der Waals surface area contributed by atoms with Gasteiger partial charge in [0.15, 0.2) is 0 Å². The number of hydrogen-bond acceptors (Lipinski definition) is 5. The van der Waals surface area contributed by atoms with Crippen molar-refractivity contribution in [1.29, 1.82) is 0 Å². The predicted molar refractivity (Wildman–Crippen MR) is 74.6 cm³/mol. The van der Waals surface area contributed by atoms with Gasteiger partial charge in [0.2, 0.25) is 11.8 Å². The van der Waals surface area contributed by atoms with E-state index < -0.39 is 0 Å². The molecule has 3 rings (SSSR count). The number of nitrogens with one attached hydrogen (secondary N) is 1. The largest absolute Gasteiger partial charge is 0.481 e. The number of piperidine rings is 2. The van der Waals surface area contributed by atoms with Gasteiger partial charge in [0.1, 0.15) is 0 Å². The molecule has 104 valence electrons. The van der Waals surface area contributed by atoms with E-state index in [-0.39, 0.29) is 0 Å². The Bertz CT molecular complexity index is 426. The number of rotatable bonds is 2. The lowest BCUT2D eigenvalue weighted by atomic mass is 9.74. The second-order valence-corrected chi connectivity index (χ2v) is 5.70. The molecule has 0 radical (unpaired) electrons. The lowest BCUT2D eigenvalue weighted by Gasteiger charge is -2.45. The van der Waals surface area contributed by atoms with Crippen LogP contribution in [0.25, 0.3) is 0 Å². The Morgan fingerprint density at radius 3 is 3.05 bits per heavy atom. The second-order valence-electron chi connectivity index (χ2n) is 5.70. The number of ether oxygens (including phenoxy) is 1. The van der Waals surface area contributed by atoms with E-state index in [1.807, 2.05) is 0 Å². The van der Waals surface area contributed by atoms with Crippen molar-refractivity contribution in [3.8, 4) is 5.88 Å². The zero-order valence-corrected chi connectivity index (χ0v) is 11.6. The summed E-state index contributed by atoms with van der Waals surface area (Å²) in [5, 5.41) is 3.55. The molecule has 1 spiro atoms. The maximum atomic E-state index is 5.19. The third-order valence-corrected chi connectivity index (χ3v) is 4.33. The Balaban J connectivity index is 1.76. The normalized spacial score (nSPS) is 27.5. The maximum Gasteiger partial charge on any atom is 0.228 e. The Labute approximate surface area is 114 Å². The molecule has 5 heteroatoms. The van der Waals surface area contributed by atoms with Gasteiger partial charge in [-0.15, -0.1) is 0 Å². The van der Waals surface area contributed by atoms with Crippen molar-refractivity contribution in [2.24, 2.45) is 5.41 Å². The molecule has 0 aliphatic carbocycles. The van der Waals surface area contributed by atoms with Crippen molar-refractivity contribution in [2.75, 3.05) is 38.2 Å². The van der Waals surface area contributed by atoms with Gasteiger partial charge in [-0.1, -0.05) is 0 Å². The smallest absolute Gasteiger partial charge is 0.228 e. The fourth-order valence-electron chi connectivity index (χ4n) is 3.36. The summed E-state index contributed by atoms with van der Waals surface area (Å²) in [7, 11) is 1.65. The Hall–Kier alpha value is -1.36. The number of hydrogen-bond donors (Lipinski definition) is 1. The van der Waals surface area contributed by atoms with Gasteiger partial charge in [-0.25, -0.2) is 4.98 Å². The Morgan fingerprint density at radius 1 is 1.37 bits per heavy atom. The van der Waals surface area contributed by atoms with E-state index in [2.05, 4.69) is 20.2 Å². The molecule has 0 amide bonds. The number of anilines is 1. The standard InChI is InChI=1S/C14H22N4O/c1-19-12-4-8-16-13(17-12)18-9-3-6-14(11-18)5-2-7-15-10-14/h4,8,15H,2-3,5-7,9-11H2,1H3. The molecule has 1 unspecified atom stereocenters. The molecule has 3 heterocycles. The molecule has 2 aliphatic heterocycles. The van der Waals surface area contributed by atoms with Crippen LogP contribution in [0, 0.1) is 5.41 Å². The quantitative estimate of drug-likeness (QED) is 0.874. The highest BCUT2D eigenvalue weighted by molar-refractivity contribution is 5.33. The molecular weight excluding hydrogens is 240 g/mol. The summed E-state index contributed by atoms with van der Waals surface area (Å²) >= 11 is 0. The van der Waals surface area contributed by atoms with Crippen LogP contribution in [0.15, 0.2) is 12.3 Å². The van der Waals surface area contributed by atoms with Crippen LogP contribution in [0.5, 0.6) is 5.88 Å². The van der Waals surface area contributed by atoms with Crippen molar-refractivity contribution in [3.63, 3.8) is 0 Å². The average Bonchev–Trinajstić information content (AvgIpc) is 2.48. The first kappa shape index (κ1) is 12.7. The van der Waals surface area contributed by atoms with Gasteiger partial charge < -0.3 is 15.0 Å². The van der Waals surface area contributed by atoms with Crippen LogP contribution in [0.2, 0.25) is 0 Å². The predicted octanol–water partition coefficient (Wildman–Crippen LogP) is 1.46. The third-order valence-electron chi connectivity index (χ3n) is 4.33. The minimum Gasteiger partial charge on any atom is -0.481 e. The first-order valence-electron chi connectivity index (χ1n) is 7.14. The fraction of sp³-hybridized carbons (Fsp3) is 0.714. The topological polar surface area (TPSA) is 50.3 Å². The van der Waals surface area contributed by atoms with Crippen LogP contribution in [0.4, 0.5) is 5.95 Å². The fourth-order valence-corrected chi connectivity index (χ4v) is 3.36. The molecule has 0 aromatic carbocycles. The molecule has 0 bridgehead atoms. The molecule has 1 aromatic heterocycles. The van der Waals surface area contributed by atoms with Gasteiger partial charge in [-0.2, -0.15) is 4.98 Å². The molecule has 2 aliphatic rings. The zero-order valence-electron chi connectivity index (χ0n) is 11.6. The highest BCUT2D eigenvalue weighted by atomic mass is 16.5. The summed E-state index contributed by atoms with van der Waals surface area (Å²) in [5.41, 5.74) is 0.420. The molecule has 5 nitrogen and oxygen atoms in total. The highest BCUT2D eigenvalue weighted by Crippen LogP contribution is 2.36. The average molecular weight is 262 g/mol. The van der Waals surface area contributed by atoms with Gasteiger partial charge in [0.25, 0.3) is 0 Å². The first-order chi connectivity index (χ1) is 9.31. The lowest BCUT2D eigenvalue weighted by Crippen LogP contribution is -2.51. The number of aromatic nitrogens is 2. The van der Waals surface area contributed by atoms with Crippen LogP contribution in [0.1, 0.15) is 25.7 Å². The molecule has 1 N–H and O–H groups in total. The van der Waals surface area contributed by atoms with E-state index in [1.165, 1.54) is 25.7 Å². The van der Waals surface area contributed by atoms with Crippen LogP contribution < -0.4 is 15.0 Å². The minimum atomic E-state index is 0.420. The summed E-state index contributed by atoms with van der Waals surface area (Å²) in [6.07, 6.45) is 6.93. The van der Waals surface area contributed by atoms with E-state index in [1.54, 1.807) is 19.4 Å². The van der Waals surface area contributed by atoms with Gasteiger partial charge in [0.05, 0.1) is 7.11 Å². The monoisotopic (exact) mass is 262 g/mol. The van der Waals surface area contributed by atoms with Gasteiger partial charge in [-0.05, 0) is 32.2 Å². The number of nitrogens with zero attached hydrogens (tertiary/aromatic N) is 3. The van der Waals surface area contributed by atoms with Crippen molar-refractivity contribution >= 4 is 5.95 Å². The summed E-state index contributed by atoms with van der Waals surface area (Å²) in [6.45, 7) is 4.41. The Morgan fingerprint density at radius 2 is 2.26 bits per heavy atom. The van der Waals surface area contributed by atoms with Gasteiger partial charge >= 0.3 is 0 Å². The summed E-state index contributed by atoms with van der Waals surface area (Å²) < 4.78 is 5.19. The molecule has 2 saturated heterocycles. The van der Waals surface area contributed by atoms with E-state index >= 15 is 0 Å². The summed E-state index contributed by atoms with van der Waals surface area (Å²) in [5.74, 6) is 1.45. The highest BCUT2D eigenvalue weighted by Gasteiger charge is 2.37. The lowest BCUT2D eigenvalue weighted by molar-refractivity contribution is 0.172. The van der Waals surface area contributed by atoms with Crippen LogP contribution in [0.3, 0.4) is 0 Å². The maximum absolute atomic E-state index is 5.19. The third kappa shape index (κ3) is 2.66. The number of methoxy groups -OCH3 is 1. The molecular formula is C14H22N4O. The van der Waals surface area contributed by atoms with Gasteiger partial charge in [-0.3, -0.25) is 0 Å². The second kappa shape index (κ2) is 5.33. The minimum absolute atomic E-state index is 0.420. The van der Waals surface area contributed by atoms with Crippen LogP contribution in [-0.4, -0.2) is 43.3 Å². The molecule has 1 aromatic rings.